The number of amides is 1. The van der Waals surface area contributed by atoms with Crippen molar-refractivity contribution in [2.24, 2.45) is 5.73 Å². The van der Waals surface area contributed by atoms with Gasteiger partial charge in [-0.15, -0.1) is 12.4 Å². The maximum atomic E-state index is 12.9. The van der Waals surface area contributed by atoms with Gasteiger partial charge in [0, 0.05) is 28.8 Å². The maximum Gasteiger partial charge on any atom is 0.251 e. The number of benzene rings is 2. The van der Waals surface area contributed by atoms with Crippen LogP contribution in [0.1, 0.15) is 52.0 Å². The summed E-state index contributed by atoms with van der Waals surface area (Å²) in [6.07, 6.45) is 3.33. The summed E-state index contributed by atoms with van der Waals surface area (Å²) in [5, 5.41) is 2.95. The number of hydrogen-bond donors (Lipinski definition) is 2. The molecule has 1 heterocycles. The van der Waals surface area contributed by atoms with Crippen LogP contribution in [0.3, 0.4) is 0 Å². The highest BCUT2D eigenvalue weighted by Crippen LogP contribution is 2.34. The monoisotopic (exact) mass is 420 g/mol. The van der Waals surface area contributed by atoms with Gasteiger partial charge in [-0.3, -0.25) is 9.59 Å². The van der Waals surface area contributed by atoms with Gasteiger partial charge >= 0.3 is 0 Å². The molecule has 0 atom stereocenters. The zero-order valence-corrected chi connectivity index (χ0v) is 16.7. The zero-order chi connectivity index (χ0) is 19.2. The molecule has 0 bridgehead atoms. The van der Waals surface area contributed by atoms with Crippen molar-refractivity contribution in [1.29, 1.82) is 0 Å². The van der Waals surface area contributed by atoms with Crippen LogP contribution < -0.4 is 11.1 Å². The minimum absolute atomic E-state index is 0. The molecule has 2 aromatic carbocycles. The first-order chi connectivity index (χ1) is 12.9. The summed E-state index contributed by atoms with van der Waals surface area (Å²) in [6.45, 7) is 0. The van der Waals surface area contributed by atoms with Crippen molar-refractivity contribution >= 4 is 33.9 Å². The van der Waals surface area contributed by atoms with Crippen molar-refractivity contribution in [2.45, 2.75) is 47.6 Å². The lowest BCUT2D eigenvalue weighted by atomic mass is 9.91. The van der Waals surface area contributed by atoms with Crippen molar-refractivity contribution in [1.82, 2.24) is 5.32 Å². The normalized spacial score (nSPS) is 22.4. The van der Waals surface area contributed by atoms with Crippen LogP contribution in [0, 0.1) is 0 Å². The summed E-state index contributed by atoms with van der Waals surface area (Å²) in [5.41, 5.74) is 6.39. The fourth-order valence-corrected chi connectivity index (χ4v) is 5.44. The molecule has 0 radical (unpaired) electrons. The summed E-state index contributed by atoms with van der Waals surface area (Å²) >= 11 is 0. The summed E-state index contributed by atoms with van der Waals surface area (Å²) in [7, 11) is -3.85. The molecule has 1 aliphatic heterocycles. The molecule has 4 rings (SSSR count). The van der Waals surface area contributed by atoms with E-state index in [1.54, 1.807) is 12.1 Å². The standard InChI is InChI=1S/C20H20N2O4S.ClH/c21-13-6-8-14(9-7-13)22-20(24)12-5-10-16-18(11-12)27(25,26)17-4-2-1-3-15(17)19(16)23;/h1-5,10-11,13-14H,6-9,21H2,(H,22,24);1H. The van der Waals surface area contributed by atoms with Gasteiger partial charge in [0.2, 0.25) is 9.84 Å². The molecule has 0 spiro atoms. The minimum atomic E-state index is -3.85. The van der Waals surface area contributed by atoms with Gasteiger partial charge in [-0.2, -0.15) is 0 Å². The molecule has 0 aromatic heterocycles. The molecule has 2 aromatic rings. The highest BCUT2D eigenvalue weighted by molar-refractivity contribution is 7.91. The smallest absolute Gasteiger partial charge is 0.251 e. The molecular formula is C20H21ClN2O4S. The van der Waals surface area contributed by atoms with Crippen molar-refractivity contribution in [3.63, 3.8) is 0 Å². The van der Waals surface area contributed by atoms with Crippen LogP contribution in [0.2, 0.25) is 0 Å². The molecular weight excluding hydrogens is 400 g/mol. The lowest BCUT2D eigenvalue weighted by Crippen LogP contribution is -2.40. The Balaban J connectivity index is 0.00000225. The van der Waals surface area contributed by atoms with Gasteiger partial charge in [-0.25, -0.2) is 8.42 Å². The quantitative estimate of drug-likeness (QED) is 0.662. The van der Waals surface area contributed by atoms with E-state index < -0.39 is 9.84 Å². The predicted octanol–water partition coefficient (Wildman–Crippen LogP) is 2.49. The van der Waals surface area contributed by atoms with E-state index in [2.05, 4.69) is 5.32 Å². The number of carbonyl (C=O) groups excluding carboxylic acids is 2. The Hall–Kier alpha value is -2.22. The second-order valence-corrected chi connectivity index (χ2v) is 9.01. The van der Waals surface area contributed by atoms with Crippen LogP contribution in [-0.4, -0.2) is 32.2 Å². The van der Waals surface area contributed by atoms with Crippen molar-refractivity contribution in [2.75, 3.05) is 0 Å². The van der Waals surface area contributed by atoms with Crippen LogP contribution in [0.4, 0.5) is 0 Å². The summed E-state index contributed by atoms with van der Waals surface area (Å²) in [5.74, 6) is -0.677. The average Bonchev–Trinajstić information content (AvgIpc) is 2.68. The van der Waals surface area contributed by atoms with Crippen LogP contribution in [0.25, 0.3) is 0 Å². The molecule has 0 unspecified atom stereocenters. The highest BCUT2D eigenvalue weighted by atomic mass is 35.5. The Morgan fingerprint density at radius 3 is 2.32 bits per heavy atom. The molecule has 28 heavy (non-hydrogen) atoms. The largest absolute Gasteiger partial charge is 0.349 e. The Bertz CT molecular complexity index is 1040. The van der Waals surface area contributed by atoms with Gasteiger partial charge in [0.05, 0.1) is 9.79 Å². The molecule has 3 N–H and O–H groups in total. The maximum absolute atomic E-state index is 12.9. The Labute approximate surface area is 169 Å². The third-order valence-corrected chi connectivity index (χ3v) is 7.16. The minimum Gasteiger partial charge on any atom is -0.349 e. The van der Waals surface area contributed by atoms with E-state index in [0.717, 1.165) is 25.7 Å². The van der Waals surface area contributed by atoms with Crippen LogP contribution in [-0.2, 0) is 9.84 Å². The van der Waals surface area contributed by atoms with Gasteiger partial charge in [0.15, 0.2) is 5.78 Å². The number of fused-ring (bicyclic) bond motifs is 2. The Morgan fingerprint density at radius 1 is 0.964 bits per heavy atom. The molecule has 1 aliphatic carbocycles. The van der Waals surface area contributed by atoms with Gasteiger partial charge in [-0.05, 0) is 56.0 Å². The molecule has 2 aliphatic rings. The third kappa shape index (κ3) is 3.45. The molecule has 1 amide bonds. The Morgan fingerprint density at radius 2 is 1.61 bits per heavy atom. The van der Waals surface area contributed by atoms with Crippen molar-refractivity contribution in [3.05, 3.63) is 59.2 Å². The van der Waals surface area contributed by atoms with Crippen LogP contribution in [0.5, 0.6) is 0 Å². The number of halogens is 1. The van der Waals surface area contributed by atoms with Gasteiger partial charge in [0.25, 0.3) is 5.91 Å². The van der Waals surface area contributed by atoms with E-state index in [-0.39, 0.29) is 62.7 Å². The highest BCUT2D eigenvalue weighted by Gasteiger charge is 2.35. The van der Waals surface area contributed by atoms with Gasteiger partial charge < -0.3 is 11.1 Å². The number of rotatable bonds is 2. The average molecular weight is 421 g/mol. The fraction of sp³-hybridized carbons (Fsp3) is 0.300. The van der Waals surface area contributed by atoms with E-state index >= 15 is 0 Å². The summed E-state index contributed by atoms with van der Waals surface area (Å²) in [6, 6.07) is 10.6. The molecule has 6 nitrogen and oxygen atoms in total. The number of hydrogen-bond acceptors (Lipinski definition) is 5. The van der Waals surface area contributed by atoms with Crippen molar-refractivity contribution in [3.8, 4) is 0 Å². The lowest BCUT2D eigenvalue weighted by molar-refractivity contribution is 0.0924. The second kappa shape index (κ2) is 7.66. The van der Waals surface area contributed by atoms with Crippen LogP contribution in [0.15, 0.2) is 52.3 Å². The van der Waals surface area contributed by atoms with E-state index in [4.69, 9.17) is 5.73 Å². The van der Waals surface area contributed by atoms with Gasteiger partial charge in [-0.1, -0.05) is 12.1 Å². The molecule has 1 saturated carbocycles. The van der Waals surface area contributed by atoms with Crippen LogP contribution >= 0.6 is 12.4 Å². The SMILES string of the molecule is Cl.NC1CCC(NC(=O)c2ccc3c(c2)S(=O)(=O)c2ccccc2C3=O)CC1. The first-order valence-electron chi connectivity index (χ1n) is 8.97. The summed E-state index contributed by atoms with van der Waals surface area (Å²) in [4.78, 5) is 25.1. The number of nitrogens with one attached hydrogen (secondary N) is 1. The molecule has 148 valence electrons. The number of ketones is 1. The number of nitrogens with two attached hydrogens (primary N) is 1. The zero-order valence-electron chi connectivity index (χ0n) is 15.1. The molecule has 0 saturated heterocycles. The topological polar surface area (TPSA) is 106 Å². The van der Waals surface area contributed by atoms with Crippen molar-refractivity contribution < 1.29 is 18.0 Å². The molecule has 1 fully saturated rings. The van der Waals surface area contributed by atoms with E-state index in [0.29, 0.717) is 0 Å². The van der Waals surface area contributed by atoms with E-state index in [1.165, 1.54) is 30.3 Å². The third-order valence-electron chi connectivity index (χ3n) is 5.31. The van der Waals surface area contributed by atoms with E-state index in [9.17, 15) is 18.0 Å². The number of sulfone groups is 1. The summed E-state index contributed by atoms with van der Waals surface area (Å²) < 4.78 is 25.9. The first kappa shape index (κ1) is 20.5. The first-order valence-corrected chi connectivity index (χ1v) is 10.5. The molecule has 8 heteroatoms. The second-order valence-electron chi connectivity index (χ2n) is 7.12. The number of carbonyl (C=O) groups is 2. The predicted molar refractivity (Wildman–Crippen MR) is 107 cm³/mol. The fourth-order valence-electron chi connectivity index (χ4n) is 3.76. The van der Waals surface area contributed by atoms with Gasteiger partial charge in [0.1, 0.15) is 0 Å². The van der Waals surface area contributed by atoms with E-state index in [1.807, 2.05) is 0 Å². The lowest BCUT2D eigenvalue weighted by Gasteiger charge is -2.27. The Kier molecular flexibility index (Phi) is 5.61.